The van der Waals surface area contributed by atoms with E-state index in [0.29, 0.717) is 22.7 Å². The average Bonchev–Trinajstić information content (AvgIpc) is 2.77. The zero-order valence-electron chi connectivity index (χ0n) is 10.5. The molecule has 0 aliphatic rings. The molecule has 21 heavy (non-hydrogen) atoms. The van der Waals surface area contributed by atoms with Crippen molar-refractivity contribution in [1.82, 2.24) is 9.38 Å². The van der Waals surface area contributed by atoms with Crippen molar-refractivity contribution in [3.05, 3.63) is 52.6 Å². The second kappa shape index (κ2) is 4.77. The molecule has 3 aromatic rings. The van der Waals surface area contributed by atoms with Crippen LogP contribution in [0.3, 0.4) is 0 Å². The van der Waals surface area contributed by atoms with Gasteiger partial charge in [-0.15, -0.1) is 0 Å². The molecule has 0 bridgehead atoms. The fourth-order valence-corrected chi connectivity index (χ4v) is 2.54. The van der Waals surface area contributed by atoms with Crippen LogP contribution in [-0.2, 0) is 6.18 Å². The van der Waals surface area contributed by atoms with Crippen molar-refractivity contribution in [2.45, 2.75) is 6.18 Å². The summed E-state index contributed by atoms with van der Waals surface area (Å²) in [5.74, 6) is 0.297. The number of pyridine rings is 1. The SMILES string of the molecule is Nc1c(-c2cccc(C(F)(F)F)c2)nc2c(Br)cccn12. The molecule has 0 amide bonds. The van der Waals surface area contributed by atoms with Gasteiger partial charge in [-0.1, -0.05) is 12.1 Å². The first-order valence-corrected chi connectivity index (χ1v) is 6.77. The quantitative estimate of drug-likeness (QED) is 0.704. The Balaban J connectivity index is 2.22. The monoisotopic (exact) mass is 355 g/mol. The van der Waals surface area contributed by atoms with E-state index in [1.807, 2.05) is 0 Å². The lowest BCUT2D eigenvalue weighted by Crippen LogP contribution is -2.04. The molecule has 2 heterocycles. The summed E-state index contributed by atoms with van der Waals surface area (Å²) in [7, 11) is 0. The lowest BCUT2D eigenvalue weighted by atomic mass is 10.1. The predicted molar refractivity (Wildman–Crippen MR) is 77.7 cm³/mol. The van der Waals surface area contributed by atoms with Gasteiger partial charge in [0.25, 0.3) is 0 Å². The first-order valence-electron chi connectivity index (χ1n) is 5.97. The van der Waals surface area contributed by atoms with Crippen LogP contribution >= 0.6 is 15.9 Å². The summed E-state index contributed by atoms with van der Waals surface area (Å²) in [6.45, 7) is 0. The third kappa shape index (κ3) is 2.37. The highest BCUT2D eigenvalue weighted by Crippen LogP contribution is 2.34. The highest BCUT2D eigenvalue weighted by molar-refractivity contribution is 9.10. The van der Waals surface area contributed by atoms with Crippen molar-refractivity contribution in [2.75, 3.05) is 5.73 Å². The minimum absolute atomic E-state index is 0.297. The van der Waals surface area contributed by atoms with Gasteiger partial charge in [0.2, 0.25) is 0 Å². The van der Waals surface area contributed by atoms with Crippen LogP contribution < -0.4 is 5.73 Å². The van der Waals surface area contributed by atoms with Crippen molar-refractivity contribution in [3.63, 3.8) is 0 Å². The second-order valence-corrected chi connectivity index (χ2v) is 5.33. The summed E-state index contributed by atoms with van der Waals surface area (Å²) in [4.78, 5) is 4.33. The number of hydrogen-bond acceptors (Lipinski definition) is 2. The first-order chi connectivity index (χ1) is 9.88. The van der Waals surface area contributed by atoms with Crippen LogP contribution in [0.25, 0.3) is 16.9 Å². The maximum Gasteiger partial charge on any atom is 0.416 e. The summed E-state index contributed by atoms with van der Waals surface area (Å²) in [6.07, 6.45) is -2.69. The van der Waals surface area contributed by atoms with E-state index in [1.165, 1.54) is 6.07 Å². The normalized spacial score (nSPS) is 12.0. The molecule has 2 aromatic heterocycles. The van der Waals surface area contributed by atoms with E-state index in [9.17, 15) is 13.2 Å². The fraction of sp³-hybridized carbons (Fsp3) is 0.0714. The Morgan fingerprint density at radius 1 is 1.14 bits per heavy atom. The highest BCUT2D eigenvalue weighted by Gasteiger charge is 2.30. The number of rotatable bonds is 1. The molecular weight excluding hydrogens is 347 g/mol. The Labute approximate surface area is 126 Å². The Morgan fingerprint density at radius 2 is 1.90 bits per heavy atom. The molecule has 0 saturated carbocycles. The summed E-state index contributed by atoms with van der Waals surface area (Å²) >= 11 is 3.34. The molecule has 3 nitrogen and oxygen atoms in total. The van der Waals surface area contributed by atoms with Crippen molar-refractivity contribution in [1.29, 1.82) is 0 Å². The Bertz CT molecular complexity index is 824. The van der Waals surface area contributed by atoms with Crippen molar-refractivity contribution < 1.29 is 13.2 Å². The average molecular weight is 356 g/mol. The number of nitrogen functional groups attached to an aromatic ring is 1. The van der Waals surface area contributed by atoms with E-state index < -0.39 is 11.7 Å². The molecule has 1 aromatic carbocycles. The number of hydrogen-bond donors (Lipinski definition) is 1. The summed E-state index contributed by atoms with van der Waals surface area (Å²) < 4.78 is 40.7. The van der Waals surface area contributed by atoms with Gasteiger partial charge in [-0.05, 0) is 40.2 Å². The molecular formula is C14H9BrF3N3. The molecule has 0 unspecified atom stereocenters. The van der Waals surface area contributed by atoms with Gasteiger partial charge >= 0.3 is 6.18 Å². The third-order valence-corrected chi connectivity index (χ3v) is 3.72. The van der Waals surface area contributed by atoms with Gasteiger partial charge < -0.3 is 5.73 Å². The number of nitrogens with zero attached hydrogens (tertiary/aromatic N) is 2. The van der Waals surface area contributed by atoms with Gasteiger partial charge in [0.1, 0.15) is 11.5 Å². The van der Waals surface area contributed by atoms with Gasteiger partial charge in [-0.3, -0.25) is 4.40 Å². The number of fused-ring (bicyclic) bond motifs is 1. The van der Waals surface area contributed by atoms with Crippen LogP contribution in [0, 0.1) is 0 Å². The molecule has 0 aliphatic carbocycles. The smallest absolute Gasteiger partial charge is 0.383 e. The molecule has 108 valence electrons. The number of benzene rings is 1. The molecule has 0 fully saturated rings. The van der Waals surface area contributed by atoms with Crippen molar-refractivity contribution in [3.8, 4) is 11.3 Å². The summed E-state index contributed by atoms with van der Waals surface area (Å²) in [5, 5.41) is 0. The van der Waals surface area contributed by atoms with Gasteiger partial charge in [0.15, 0.2) is 5.65 Å². The summed E-state index contributed by atoms with van der Waals surface area (Å²) in [5.41, 5.74) is 6.49. The zero-order chi connectivity index (χ0) is 15.2. The van der Waals surface area contributed by atoms with Crippen LogP contribution in [0.5, 0.6) is 0 Å². The fourth-order valence-electron chi connectivity index (χ4n) is 2.11. The lowest BCUT2D eigenvalue weighted by molar-refractivity contribution is -0.137. The molecule has 7 heteroatoms. The molecule has 0 radical (unpaired) electrons. The number of imidazole rings is 1. The van der Waals surface area contributed by atoms with Crippen molar-refractivity contribution >= 4 is 27.4 Å². The van der Waals surface area contributed by atoms with E-state index in [2.05, 4.69) is 20.9 Å². The van der Waals surface area contributed by atoms with Gasteiger partial charge in [-0.25, -0.2) is 4.98 Å². The Kier molecular flexibility index (Phi) is 3.16. The van der Waals surface area contributed by atoms with Gasteiger partial charge in [-0.2, -0.15) is 13.2 Å². The van der Waals surface area contributed by atoms with E-state index in [-0.39, 0.29) is 0 Å². The largest absolute Gasteiger partial charge is 0.416 e. The highest BCUT2D eigenvalue weighted by atomic mass is 79.9. The van der Waals surface area contributed by atoms with E-state index in [4.69, 9.17) is 5.73 Å². The minimum atomic E-state index is -4.40. The standard InChI is InChI=1S/C14H9BrF3N3/c15-10-5-2-6-21-12(19)11(20-13(10)21)8-3-1-4-9(7-8)14(16,17)18/h1-7H,19H2. The number of nitrogens with two attached hydrogens (primary N) is 1. The van der Waals surface area contributed by atoms with Gasteiger partial charge in [0, 0.05) is 11.8 Å². The molecule has 0 saturated heterocycles. The molecule has 2 N–H and O–H groups in total. The Hall–Kier alpha value is -2.02. The molecule has 3 rings (SSSR count). The molecule has 0 atom stereocenters. The van der Waals surface area contributed by atoms with Crippen LogP contribution in [0.1, 0.15) is 5.56 Å². The third-order valence-electron chi connectivity index (χ3n) is 3.10. The van der Waals surface area contributed by atoms with Gasteiger partial charge in [0.05, 0.1) is 10.0 Å². The maximum atomic E-state index is 12.8. The topological polar surface area (TPSA) is 43.3 Å². The predicted octanol–water partition coefficient (Wildman–Crippen LogP) is 4.36. The van der Waals surface area contributed by atoms with Crippen molar-refractivity contribution in [2.24, 2.45) is 0 Å². The maximum absolute atomic E-state index is 12.8. The zero-order valence-corrected chi connectivity index (χ0v) is 12.1. The number of anilines is 1. The van der Waals surface area contributed by atoms with E-state index >= 15 is 0 Å². The van der Waals surface area contributed by atoms with E-state index in [0.717, 1.165) is 16.6 Å². The minimum Gasteiger partial charge on any atom is -0.383 e. The van der Waals surface area contributed by atoms with E-state index in [1.54, 1.807) is 28.8 Å². The Morgan fingerprint density at radius 3 is 2.57 bits per heavy atom. The number of alkyl halides is 3. The van der Waals surface area contributed by atoms with Crippen LogP contribution in [0.2, 0.25) is 0 Å². The van der Waals surface area contributed by atoms with Crippen LogP contribution in [-0.4, -0.2) is 9.38 Å². The van der Waals surface area contributed by atoms with Crippen LogP contribution in [0.15, 0.2) is 47.1 Å². The van der Waals surface area contributed by atoms with Crippen LogP contribution in [0.4, 0.5) is 19.0 Å². The second-order valence-electron chi connectivity index (χ2n) is 4.47. The first kappa shape index (κ1) is 13.9. The molecule has 0 aliphatic heterocycles. The molecule has 0 spiro atoms. The number of halogens is 4. The summed E-state index contributed by atoms with van der Waals surface area (Å²) in [6, 6.07) is 8.53. The lowest BCUT2D eigenvalue weighted by Gasteiger charge is -2.07. The number of aromatic nitrogens is 2.